The Balaban J connectivity index is 0.910. The molecule has 15 bridgehead atoms. The van der Waals surface area contributed by atoms with Gasteiger partial charge in [-0.1, -0.05) is 67.9 Å². The number of nitrogens with two attached hydrogens (primary N) is 1. The Kier molecular flexibility index (Phi) is 25.5. The first-order valence-corrected chi connectivity index (χ1v) is 41.7. The smallest absolute Gasteiger partial charge is 0.248 e. The lowest BCUT2D eigenvalue weighted by atomic mass is 9.54. The fourth-order valence-corrected chi connectivity index (χ4v) is 19.1. The highest BCUT2D eigenvalue weighted by atomic mass is 35.5. The molecule has 4 saturated carbocycles. The van der Waals surface area contributed by atoms with Gasteiger partial charge in [-0.25, -0.2) is 0 Å². The molecule has 0 unspecified atom stereocenters. The van der Waals surface area contributed by atoms with Crippen molar-refractivity contribution in [3.05, 3.63) is 159 Å². The largest absolute Gasteiger partial charge is 0.508 e. The van der Waals surface area contributed by atoms with Gasteiger partial charge in [-0.05, 0) is 200 Å². The molecule has 6 aromatic carbocycles. The standard InChI is InChI=1S/C87H101ClN10O26/c1-36(2)20-55(90-5)78(109)97-70-72(105)43-11-17-57(54(88)28-43)121-59-30-46-29-58(75(59)124-85-76(74(107)73(106)60(35-100)122-85)123-63-34-86(4,89)77(108)37(3)119-63)120-49-14-8-41(9-15-49)71(104)69-84(115)96-68(82(113)93-65-44-22-39-21-40(24-44)25-45(65)23-39)51-31-47(101)32-53-64(51)50-27-42(10-16-52(50)87(53,116)117)66(80(111)98-69)95-81(112)67(46)94-79(110)56(91-83(70)114)33-62(103)92-61(102)26-38-6-12-48(13-7-38)118-19-18-99/h6-17,27-32,36-37,39-40,44-45,55-56,60,63,65-74,76-77,85,90,99-101,104-108,116-117H,18-26,33-35,89H2,1-5H3,(H,91,114)(H,93,113)(H,94,110)(H,95,112)(H,96,115)(H,97,109)(H,98,111)(H,92,102,103)/t37-,39?,40?,44?,45?,55+,56-,60+,63-,65?,66+,67+,68-,69-,70+,71+,72+,73+,74-,76+,77+,85-,86-/m0/s1. The number of aliphatic hydroxyl groups is 9. The lowest BCUT2D eigenvalue weighted by Gasteiger charge is -2.54. The van der Waals surface area contributed by atoms with Crippen LogP contribution in [0.25, 0.3) is 11.1 Å². The second kappa shape index (κ2) is 35.8. The van der Waals surface area contributed by atoms with Gasteiger partial charge in [0.2, 0.25) is 71.0 Å². The number of nitrogens with one attached hydrogen (secondary N) is 9. The molecule has 37 heteroatoms. The molecule has 0 aromatic heterocycles. The number of rotatable bonds is 19. The van der Waals surface area contributed by atoms with E-state index in [0.29, 0.717) is 23.1 Å². The van der Waals surface area contributed by atoms with Crippen LogP contribution >= 0.6 is 11.6 Å². The summed E-state index contributed by atoms with van der Waals surface area (Å²) in [5, 5.41) is 140. The van der Waals surface area contributed by atoms with Crippen LogP contribution in [0.4, 0.5) is 0 Å². The normalized spacial score (nSPS) is 31.2. The van der Waals surface area contributed by atoms with Crippen LogP contribution in [-0.2, 0) is 69.6 Å². The number of hydrogen-bond acceptors (Lipinski definition) is 28. The Morgan fingerprint density at radius 3 is 2.00 bits per heavy atom. The highest BCUT2D eigenvalue weighted by Crippen LogP contribution is 2.56. The molecule has 9 amide bonds. The van der Waals surface area contributed by atoms with Crippen molar-refractivity contribution in [1.82, 2.24) is 47.9 Å². The van der Waals surface area contributed by atoms with Gasteiger partial charge in [0, 0.05) is 29.1 Å². The van der Waals surface area contributed by atoms with Gasteiger partial charge in [0.25, 0.3) is 0 Å². The molecule has 7 aliphatic heterocycles. The van der Waals surface area contributed by atoms with Crippen molar-refractivity contribution < 1.29 is 127 Å². The molecule has 0 spiro atoms. The van der Waals surface area contributed by atoms with E-state index in [-0.39, 0.29) is 111 Å². The van der Waals surface area contributed by atoms with Crippen molar-refractivity contribution in [3.8, 4) is 51.4 Å². The topological polar surface area (TPSA) is 555 Å². The maximum absolute atomic E-state index is 16.7. The Bertz CT molecular complexity index is 5090. The number of fused-ring (bicyclic) bond motifs is 12. The van der Waals surface area contributed by atoms with E-state index in [1.165, 1.54) is 106 Å². The number of phenols is 1. The van der Waals surface area contributed by atoms with E-state index in [4.69, 9.17) is 50.5 Å². The van der Waals surface area contributed by atoms with Gasteiger partial charge < -0.3 is 132 Å². The van der Waals surface area contributed by atoms with Crippen LogP contribution in [0.2, 0.25) is 5.02 Å². The van der Waals surface area contributed by atoms with E-state index in [9.17, 15) is 65.4 Å². The second-order valence-electron chi connectivity index (χ2n) is 34.3. The Morgan fingerprint density at radius 1 is 0.677 bits per heavy atom. The molecule has 2 saturated heterocycles. The van der Waals surface area contributed by atoms with E-state index < -0.39 is 216 Å². The van der Waals surface area contributed by atoms with Gasteiger partial charge in [-0.3, -0.25) is 48.5 Å². The van der Waals surface area contributed by atoms with E-state index in [0.717, 1.165) is 56.4 Å². The highest BCUT2D eigenvalue weighted by Gasteiger charge is 2.54. The monoisotopic (exact) mass is 1740 g/mol. The predicted molar refractivity (Wildman–Crippen MR) is 434 cm³/mol. The number of imide groups is 1. The van der Waals surface area contributed by atoms with Crippen LogP contribution in [0.15, 0.2) is 109 Å². The third-order valence-electron chi connectivity index (χ3n) is 25.0. The van der Waals surface area contributed by atoms with Crippen molar-refractivity contribution in [2.24, 2.45) is 35.3 Å². The number of hydrogen-bond donors (Lipinski definition) is 20. The molecule has 18 atom stereocenters. The van der Waals surface area contributed by atoms with Gasteiger partial charge in [0.05, 0.1) is 49.3 Å². The van der Waals surface area contributed by atoms with Crippen LogP contribution in [0.3, 0.4) is 0 Å². The number of carbonyl (C=O) groups is 9. The number of aromatic hydroxyl groups is 1. The molecule has 124 heavy (non-hydrogen) atoms. The summed E-state index contributed by atoms with van der Waals surface area (Å²) in [5.41, 5.74) is 3.57. The number of phenolic OH excluding ortho intramolecular Hbond substituents is 1. The highest BCUT2D eigenvalue weighted by molar-refractivity contribution is 6.32. The molecule has 0 radical (unpaired) electrons. The van der Waals surface area contributed by atoms with Crippen LogP contribution in [0.1, 0.15) is 154 Å². The van der Waals surface area contributed by atoms with Crippen molar-refractivity contribution in [1.29, 1.82) is 0 Å². The zero-order valence-electron chi connectivity index (χ0n) is 68.1. The van der Waals surface area contributed by atoms with E-state index in [2.05, 4.69) is 47.9 Å². The van der Waals surface area contributed by atoms with Crippen LogP contribution in [0, 0.1) is 29.6 Å². The maximum atomic E-state index is 16.7. The van der Waals surface area contributed by atoms with Gasteiger partial charge in [-0.2, -0.15) is 0 Å². The van der Waals surface area contributed by atoms with Gasteiger partial charge in [0.15, 0.2) is 23.9 Å². The number of likely N-dealkylation sites (N-methyl/N-ethyl adjacent to an activating group) is 1. The molecular weight excluding hydrogens is 1640 g/mol. The lowest BCUT2D eigenvalue weighted by molar-refractivity contribution is -0.333. The van der Waals surface area contributed by atoms with Crippen molar-refractivity contribution in [2.75, 3.05) is 26.9 Å². The van der Waals surface area contributed by atoms with Crippen LogP contribution in [-0.4, -0.2) is 216 Å². The summed E-state index contributed by atoms with van der Waals surface area (Å²) in [6, 6.07) is 8.51. The van der Waals surface area contributed by atoms with Crippen molar-refractivity contribution in [3.63, 3.8) is 0 Å². The Morgan fingerprint density at radius 2 is 1.34 bits per heavy atom. The van der Waals surface area contributed by atoms with Crippen LogP contribution < -0.4 is 72.5 Å². The Labute approximate surface area is 715 Å². The minimum atomic E-state index is -2.98. The average molecular weight is 1740 g/mol. The predicted octanol–water partition coefficient (Wildman–Crippen LogP) is 1.17. The first kappa shape index (κ1) is 88.3. The van der Waals surface area contributed by atoms with E-state index in [1.807, 2.05) is 13.8 Å². The number of halogens is 1. The molecular formula is C87H101ClN10O26. The van der Waals surface area contributed by atoms with Crippen molar-refractivity contribution >= 4 is 64.8 Å². The molecule has 6 fully saturated rings. The summed E-state index contributed by atoms with van der Waals surface area (Å²) < 4.78 is 44.6. The van der Waals surface area contributed by atoms with E-state index >= 15 is 28.8 Å². The molecule has 7 heterocycles. The van der Waals surface area contributed by atoms with E-state index in [1.54, 1.807) is 0 Å². The van der Waals surface area contributed by atoms with Crippen molar-refractivity contribution in [2.45, 2.75) is 207 Å². The van der Waals surface area contributed by atoms with Gasteiger partial charge in [-0.15, -0.1) is 0 Å². The third kappa shape index (κ3) is 18.1. The second-order valence-corrected chi connectivity index (χ2v) is 34.8. The SMILES string of the molecule is CN[C@H](CC(C)C)C(=O)N[C@H]1C(=O)N[C@@H](CC(=O)NC(=O)Cc2ccc(OCCO)cc2)C(=O)N[C@H]2C(=O)N[C@H]3C(=O)N[C@H](C(=O)N[C@H](C(=O)NC4C5CC6CC(C5)CC4C6)c4cc(O)cc5c4-c4cc3ccc4C5(O)O)[C@H](O)c3ccc(cc3)Oc3cc2cc(c3O[C@@H]2O[C@H](CO)[C@@H](O)[C@H](O)[C@H]2O[C@H]2C[C@](C)(N)[C@H](O)[C@H](C)O2)Oc2ccc(cc2Cl)[C@H]1O. The number of amides is 9. The Hall–Kier alpha value is -10.5. The maximum Gasteiger partial charge on any atom is 0.248 e. The molecule has 36 nitrogen and oxygen atoms in total. The molecule has 18 rings (SSSR count). The zero-order chi connectivity index (χ0) is 88.4. The fourth-order valence-electron chi connectivity index (χ4n) is 18.9. The fraction of sp³-hybridized carbons (Fsp3) is 0.483. The summed E-state index contributed by atoms with van der Waals surface area (Å²) in [4.78, 5) is 139. The number of carbonyl (C=O) groups excluding carboxylic acids is 9. The number of ether oxygens (including phenoxy) is 7. The molecule has 21 N–H and O–H groups in total. The third-order valence-corrected chi connectivity index (χ3v) is 25.3. The van der Waals surface area contributed by atoms with Gasteiger partial charge >= 0.3 is 0 Å². The first-order valence-electron chi connectivity index (χ1n) is 41.3. The molecule has 12 aliphatic rings. The van der Waals surface area contributed by atoms with Crippen LogP contribution in [0.5, 0.6) is 40.2 Å². The minimum absolute atomic E-state index is 0.0383. The average Bonchev–Trinajstić information content (AvgIpc) is 1.56. The summed E-state index contributed by atoms with van der Waals surface area (Å²) in [6.07, 6.45) is -14.6. The minimum Gasteiger partial charge on any atom is -0.508 e. The zero-order valence-corrected chi connectivity index (χ0v) is 68.9. The quantitative estimate of drug-likeness (QED) is 0.0506. The number of aliphatic hydroxyl groups excluding tert-OH is 7. The summed E-state index contributed by atoms with van der Waals surface area (Å²) >= 11 is 7.22. The number of benzene rings is 6. The van der Waals surface area contributed by atoms with Gasteiger partial charge in [0.1, 0.15) is 96.4 Å². The summed E-state index contributed by atoms with van der Waals surface area (Å²) in [5.74, 6) is -15.1. The molecule has 5 aliphatic carbocycles. The first-order chi connectivity index (χ1) is 59.0. The lowest BCUT2D eigenvalue weighted by Crippen LogP contribution is -2.64. The molecule has 6 aromatic rings. The molecule has 662 valence electrons. The summed E-state index contributed by atoms with van der Waals surface area (Å²) in [7, 11) is 1.48. The summed E-state index contributed by atoms with van der Waals surface area (Å²) in [6.45, 7) is 5.38.